The Kier molecular flexibility index (Phi) is 7.94. The van der Waals surface area contributed by atoms with E-state index in [2.05, 4.69) is 28.8 Å². The number of benzene rings is 1. The molecule has 1 aliphatic carbocycles. The number of carbonyl (C=O) groups excluding carboxylic acids is 1. The quantitative estimate of drug-likeness (QED) is 0.575. The first-order valence-corrected chi connectivity index (χ1v) is 12.8. The van der Waals surface area contributed by atoms with E-state index in [1.54, 1.807) is 41.8 Å². The molecule has 1 aliphatic heterocycles. The van der Waals surface area contributed by atoms with Gasteiger partial charge in [-0.3, -0.25) is 14.5 Å². The summed E-state index contributed by atoms with van der Waals surface area (Å²) in [4.78, 5) is 49.0. The van der Waals surface area contributed by atoms with Crippen LogP contribution in [0.25, 0.3) is 0 Å². The van der Waals surface area contributed by atoms with Crippen LogP contribution in [0.5, 0.6) is 5.75 Å². The monoisotopic (exact) mass is 509 g/mol. The van der Waals surface area contributed by atoms with Crippen molar-refractivity contribution in [2.75, 3.05) is 13.7 Å². The van der Waals surface area contributed by atoms with Gasteiger partial charge in [-0.05, 0) is 68.2 Å². The van der Waals surface area contributed by atoms with Crippen molar-refractivity contribution in [2.24, 2.45) is 21.3 Å². The highest BCUT2D eigenvalue weighted by Gasteiger charge is 2.27. The third kappa shape index (κ3) is 6.36. The second-order valence-corrected chi connectivity index (χ2v) is 10.3. The summed E-state index contributed by atoms with van der Waals surface area (Å²) in [5, 5.41) is 0. The SMILES string of the molecule is CCn1c(=O)[nH]/c(=N\c2ccc(OC3=CC(C(=O)OC)=NCC3)cc2)n(CC2CCC(C)(C)CC2)c1=O. The summed E-state index contributed by atoms with van der Waals surface area (Å²) in [7, 11) is 1.31. The van der Waals surface area contributed by atoms with Crippen LogP contribution in [-0.2, 0) is 22.6 Å². The topological polar surface area (TPSA) is 120 Å². The average Bonchev–Trinajstić information content (AvgIpc) is 2.88. The maximum Gasteiger partial charge on any atom is 0.356 e. The minimum Gasteiger partial charge on any atom is -0.464 e. The Morgan fingerprint density at radius 1 is 1.16 bits per heavy atom. The fourth-order valence-electron chi connectivity index (χ4n) is 4.71. The molecule has 37 heavy (non-hydrogen) atoms. The van der Waals surface area contributed by atoms with Gasteiger partial charge in [0, 0.05) is 32.1 Å². The van der Waals surface area contributed by atoms with Crippen LogP contribution >= 0.6 is 0 Å². The molecule has 2 aromatic rings. The largest absolute Gasteiger partial charge is 0.464 e. The molecule has 0 saturated heterocycles. The van der Waals surface area contributed by atoms with E-state index in [1.165, 1.54) is 11.7 Å². The lowest BCUT2D eigenvalue weighted by atomic mass is 9.73. The number of hydrogen-bond acceptors (Lipinski definition) is 7. The summed E-state index contributed by atoms with van der Waals surface area (Å²) in [5.74, 6) is 1.04. The van der Waals surface area contributed by atoms with E-state index in [9.17, 15) is 14.4 Å². The Labute approximate surface area is 215 Å². The number of nitrogens with one attached hydrogen (secondary N) is 1. The van der Waals surface area contributed by atoms with Crippen molar-refractivity contribution in [2.45, 2.75) is 66.0 Å². The molecule has 198 valence electrons. The Hall–Kier alpha value is -3.69. The number of ether oxygens (including phenoxy) is 2. The van der Waals surface area contributed by atoms with E-state index in [0.717, 1.165) is 25.7 Å². The molecule has 1 saturated carbocycles. The molecule has 0 atom stereocenters. The molecule has 1 N–H and O–H groups in total. The molecule has 10 heteroatoms. The number of hydrogen-bond donors (Lipinski definition) is 1. The van der Waals surface area contributed by atoms with Crippen molar-refractivity contribution in [1.82, 2.24) is 14.1 Å². The number of methoxy groups -OCH3 is 1. The first-order valence-electron chi connectivity index (χ1n) is 12.8. The molecule has 10 nitrogen and oxygen atoms in total. The lowest BCUT2D eigenvalue weighted by molar-refractivity contribution is -0.132. The summed E-state index contributed by atoms with van der Waals surface area (Å²) in [6, 6.07) is 7.01. The smallest absolute Gasteiger partial charge is 0.356 e. The number of rotatable bonds is 7. The molecule has 0 amide bonds. The summed E-state index contributed by atoms with van der Waals surface area (Å²) in [5.41, 5.74) is 0.555. The normalized spacial score (nSPS) is 18.2. The zero-order chi connectivity index (χ0) is 26.6. The van der Waals surface area contributed by atoms with E-state index < -0.39 is 11.7 Å². The first kappa shape index (κ1) is 26.4. The molecule has 2 heterocycles. The van der Waals surface area contributed by atoms with Gasteiger partial charge < -0.3 is 9.47 Å². The fourth-order valence-corrected chi connectivity index (χ4v) is 4.71. The predicted molar refractivity (Wildman–Crippen MR) is 140 cm³/mol. The van der Waals surface area contributed by atoms with Gasteiger partial charge >= 0.3 is 17.3 Å². The second-order valence-electron chi connectivity index (χ2n) is 10.3. The summed E-state index contributed by atoms with van der Waals surface area (Å²) < 4.78 is 13.4. The van der Waals surface area contributed by atoms with Crippen molar-refractivity contribution >= 4 is 17.4 Å². The molecule has 1 aromatic carbocycles. The second kappa shape index (κ2) is 11.1. The van der Waals surface area contributed by atoms with E-state index in [-0.39, 0.29) is 23.6 Å². The Morgan fingerprint density at radius 2 is 1.86 bits per heavy atom. The molecule has 4 rings (SSSR count). The summed E-state index contributed by atoms with van der Waals surface area (Å²) in [6.07, 6.45) is 6.45. The molecule has 1 fully saturated rings. The van der Waals surface area contributed by atoms with Gasteiger partial charge in [-0.15, -0.1) is 0 Å². The van der Waals surface area contributed by atoms with Crippen LogP contribution < -0.4 is 21.7 Å². The molecule has 0 radical (unpaired) electrons. The molecule has 0 unspecified atom stereocenters. The number of H-pyrrole nitrogens is 1. The van der Waals surface area contributed by atoms with Crippen LogP contribution in [0.1, 0.15) is 52.9 Å². The van der Waals surface area contributed by atoms with Gasteiger partial charge in [0.25, 0.3) is 0 Å². The van der Waals surface area contributed by atoms with Gasteiger partial charge in [0.05, 0.1) is 12.8 Å². The molecule has 1 aromatic heterocycles. The van der Waals surface area contributed by atoms with Gasteiger partial charge in [0.15, 0.2) is 0 Å². The maximum atomic E-state index is 13.2. The number of carbonyl (C=O) groups is 1. The zero-order valence-corrected chi connectivity index (χ0v) is 22.0. The third-order valence-corrected chi connectivity index (χ3v) is 7.05. The standard InChI is InChI=1S/C27H35N5O5/c1-5-31-25(34)30-24(32(26(31)35)17-18-10-13-27(2,3)14-11-18)29-19-6-8-20(9-7-19)37-21-12-15-28-22(16-21)23(33)36-4/h6-9,16,18H,5,10-15,17H2,1-4H3,(H,29,30,34). The van der Waals surface area contributed by atoms with Crippen LogP contribution in [0.3, 0.4) is 0 Å². The first-order chi connectivity index (χ1) is 17.7. The van der Waals surface area contributed by atoms with Crippen molar-refractivity contribution in [3.63, 3.8) is 0 Å². The summed E-state index contributed by atoms with van der Waals surface area (Å²) >= 11 is 0. The highest BCUT2D eigenvalue weighted by Crippen LogP contribution is 2.38. The van der Waals surface area contributed by atoms with Crippen LogP contribution in [0, 0.1) is 11.3 Å². The minimum atomic E-state index is -0.501. The van der Waals surface area contributed by atoms with Crippen LogP contribution in [0.2, 0.25) is 0 Å². The number of aromatic nitrogens is 3. The highest BCUT2D eigenvalue weighted by atomic mass is 16.5. The van der Waals surface area contributed by atoms with Crippen molar-refractivity contribution in [1.29, 1.82) is 0 Å². The van der Waals surface area contributed by atoms with Crippen molar-refractivity contribution in [3.8, 4) is 5.75 Å². The van der Waals surface area contributed by atoms with Gasteiger partial charge in [0.2, 0.25) is 5.62 Å². The number of dihydropyridines is 1. The number of aliphatic imine (C=N–C) groups is 1. The van der Waals surface area contributed by atoms with Gasteiger partial charge in [-0.1, -0.05) is 13.8 Å². The fraction of sp³-hybridized carbons (Fsp3) is 0.519. The van der Waals surface area contributed by atoms with Crippen LogP contribution in [-0.4, -0.2) is 39.5 Å². The van der Waals surface area contributed by atoms with E-state index in [0.29, 0.717) is 48.0 Å². The number of aromatic amines is 1. The number of nitrogens with zero attached hydrogens (tertiary/aromatic N) is 4. The summed E-state index contributed by atoms with van der Waals surface area (Å²) in [6.45, 7) is 7.59. The lowest BCUT2D eigenvalue weighted by Gasteiger charge is -2.34. The molecular weight excluding hydrogens is 474 g/mol. The highest BCUT2D eigenvalue weighted by molar-refractivity contribution is 6.41. The molecule has 2 aliphatic rings. The van der Waals surface area contributed by atoms with E-state index >= 15 is 0 Å². The average molecular weight is 510 g/mol. The lowest BCUT2D eigenvalue weighted by Crippen LogP contribution is -2.50. The van der Waals surface area contributed by atoms with Gasteiger partial charge in [-0.25, -0.2) is 23.9 Å². The van der Waals surface area contributed by atoms with Crippen LogP contribution in [0.4, 0.5) is 5.69 Å². The van der Waals surface area contributed by atoms with Gasteiger partial charge in [-0.2, -0.15) is 0 Å². The zero-order valence-electron chi connectivity index (χ0n) is 22.0. The minimum absolute atomic E-state index is 0.229. The van der Waals surface area contributed by atoms with Gasteiger partial charge in [0.1, 0.15) is 17.2 Å². The molecule has 0 spiro atoms. The van der Waals surface area contributed by atoms with E-state index in [4.69, 9.17) is 9.47 Å². The Balaban J connectivity index is 1.59. The van der Waals surface area contributed by atoms with Crippen LogP contribution in [0.15, 0.2) is 55.7 Å². The molecular formula is C27H35N5O5. The third-order valence-electron chi connectivity index (χ3n) is 7.05. The maximum absolute atomic E-state index is 13.2. The van der Waals surface area contributed by atoms with Crippen molar-refractivity contribution in [3.05, 3.63) is 62.7 Å². The van der Waals surface area contributed by atoms with Crippen molar-refractivity contribution < 1.29 is 14.3 Å². The molecule has 0 bridgehead atoms. The predicted octanol–water partition coefficient (Wildman–Crippen LogP) is 3.09. The number of esters is 1. The van der Waals surface area contributed by atoms with E-state index in [1.807, 2.05) is 0 Å². The Bertz CT molecular complexity index is 1380. The Morgan fingerprint density at radius 3 is 2.51 bits per heavy atom.